The molecule has 0 fully saturated rings. The van der Waals surface area contributed by atoms with Gasteiger partial charge in [-0.2, -0.15) is 42.0 Å². The van der Waals surface area contributed by atoms with Crippen molar-refractivity contribution in [2.45, 2.75) is 32.0 Å². The summed E-state index contributed by atoms with van der Waals surface area (Å²) < 4.78 is 66.6. The normalized spacial score (nSPS) is 12.0. The van der Waals surface area contributed by atoms with Crippen LogP contribution >= 0.6 is 23.2 Å². The first kappa shape index (κ1) is 29.1. The Balaban J connectivity index is 1.74. The summed E-state index contributed by atoms with van der Waals surface area (Å²) in [4.78, 5) is 30.8. The van der Waals surface area contributed by atoms with Gasteiger partial charge in [0.05, 0.1) is 16.9 Å². The van der Waals surface area contributed by atoms with Gasteiger partial charge in [-0.1, -0.05) is 23.2 Å². The maximum Gasteiger partial charge on any atom is 0.459 e. The summed E-state index contributed by atoms with van der Waals surface area (Å²) in [5, 5.41) is 13.9. The molecule has 3 aromatic heterocycles. The second-order valence-corrected chi connectivity index (χ2v) is 9.35. The molecule has 0 unspecified atom stereocenters. The first-order chi connectivity index (χ1) is 18.7. The number of ketones is 1. The van der Waals surface area contributed by atoms with Crippen LogP contribution in [0.5, 0.6) is 0 Å². The van der Waals surface area contributed by atoms with E-state index in [0.717, 1.165) is 4.68 Å². The number of pyridine rings is 1. The third-order valence-electron chi connectivity index (χ3n) is 5.75. The van der Waals surface area contributed by atoms with E-state index in [9.17, 15) is 31.5 Å². The van der Waals surface area contributed by atoms with E-state index >= 15 is 0 Å². The molecule has 16 heteroatoms. The monoisotopic (exact) mass is 601 g/mol. The summed E-state index contributed by atoms with van der Waals surface area (Å²) in [6, 6.07) is 7.33. The number of carbonyl (C=O) groups excluding carboxylic acids is 2. The van der Waals surface area contributed by atoms with E-state index in [4.69, 9.17) is 23.2 Å². The van der Waals surface area contributed by atoms with Crippen LogP contribution in [-0.4, -0.2) is 54.7 Å². The number of rotatable bonds is 8. The second kappa shape index (κ2) is 10.9. The van der Waals surface area contributed by atoms with Gasteiger partial charge < -0.3 is 5.32 Å². The molecule has 210 valence electrons. The van der Waals surface area contributed by atoms with Crippen molar-refractivity contribution in [3.8, 4) is 5.82 Å². The van der Waals surface area contributed by atoms with E-state index in [0.29, 0.717) is 27.1 Å². The van der Waals surface area contributed by atoms with E-state index < -0.39 is 36.0 Å². The molecule has 0 aliphatic heterocycles. The Morgan fingerprint density at radius 2 is 1.80 bits per heavy atom. The van der Waals surface area contributed by atoms with Crippen LogP contribution in [0.1, 0.15) is 43.4 Å². The minimum Gasteiger partial charge on any atom is -0.355 e. The zero-order chi connectivity index (χ0) is 29.4. The molecule has 1 N–H and O–H groups in total. The maximum atomic E-state index is 13.7. The van der Waals surface area contributed by atoms with Crippen molar-refractivity contribution in [3.63, 3.8) is 0 Å². The lowest BCUT2D eigenvalue weighted by Crippen LogP contribution is -2.34. The molecule has 4 rings (SSSR count). The van der Waals surface area contributed by atoms with Crippen molar-refractivity contribution in [2.24, 2.45) is 0 Å². The summed E-state index contributed by atoms with van der Waals surface area (Å²) >= 11 is 12.4. The van der Waals surface area contributed by atoms with Gasteiger partial charge >= 0.3 is 12.1 Å². The quantitative estimate of drug-likeness (QED) is 0.226. The number of Topliss-reactive ketones (excluding diaryl/α,β-unsaturated/α-hetero) is 1. The minimum atomic E-state index is -5.86. The lowest BCUT2D eigenvalue weighted by atomic mass is 9.95. The molecular weight excluding hydrogens is 584 g/mol. The molecule has 4 aromatic rings. The standard InChI is InChI=1S/C24H18Cl2F5N7O2/c1-12-6-13(25)7-16(22(40)32-2)15(12)9-19(39)18-8-14(35-38(18)21-17(26)4-3-5-33-21)11-37-34-10-20(36-37)23(27,28)24(29,30)31/h3-8,10H,9,11H2,1-2H3,(H,32,40). The molecule has 3 heterocycles. The third-order valence-corrected chi connectivity index (χ3v) is 6.26. The second-order valence-electron chi connectivity index (χ2n) is 8.50. The van der Waals surface area contributed by atoms with E-state index in [-0.39, 0.29) is 34.2 Å². The number of alkyl halides is 5. The molecule has 0 atom stereocenters. The van der Waals surface area contributed by atoms with Crippen molar-refractivity contribution < 1.29 is 31.5 Å². The number of carbonyl (C=O) groups is 2. The summed E-state index contributed by atoms with van der Waals surface area (Å²) in [5.41, 5.74) is -0.476. The van der Waals surface area contributed by atoms with E-state index in [1.54, 1.807) is 19.1 Å². The van der Waals surface area contributed by atoms with Crippen LogP contribution in [0.2, 0.25) is 10.0 Å². The number of amides is 1. The Labute approximate surface area is 232 Å². The van der Waals surface area contributed by atoms with Crippen LogP contribution in [0, 0.1) is 6.92 Å². The molecule has 0 bridgehead atoms. The van der Waals surface area contributed by atoms with Gasteiger partial charge in [0.1, 0.15) is 12.2 Å². The summed E-state index contributed by atoms with van der Waals surface area (Å²) in [6.07, 6.45) is -4.44. The van der Waals surface area contributed by atoms with E-state index in [1.165, 1.54) is 31.4 Å². The fourth-order valence-electron chi connectivity index (χ4n) is 3.80. The van der Waals surface area contributed by atoms with Crippen molar-refractivity contribution >= 4 is 34.9 Å². The number of aromatic nitrogens is 6. The molecule has 1 aromatic carbocycles. The Morgan fingerprint density at radius 1 is 1.07 bits per heavy atom. The van der Waals surface area contributed by atoms with Gasteiger partial charge in [-0.15, -0.1) is 0 Å². The minimum absolute atomic E-state index is 0.0295. The molecule has 0 radical (unpaired) electrons. The van der Waals surface area contributed by atoms with Gasteiger partial charge in [-0.05, 0) is 48.4 Å². The molecule has 0 saturated carbocycles. The Bertz CT molecular complexity index is 1600. The topological polar surface area (TPSA) is 108 Å². The Morgan fingerprint density at radius 3 is 2.45 bits per heavy atom. The van der Waals surface area contributed by atoms with Crippen molar-refractivity contribution in [1.29, 1.82) is 0 Å². The van der Waals surface area contributed by atoms with Crippen molar-refractivity contribution in [1.82, 2.24) is 35.1 Å². The Hall–Kier alpha value is -3.91. The van der Waals surface area contributed by atoms with Crippen LogP contribution in [-0.2, 0) is 18.9 Å². The van der Waals surface area contributed by atoms with Crippen LogP contribution in [0.4, 0.5) is 22.0 Å². The summed E-state index contributed by atoms with van der Waals surface area (Å²) in [5.74, 6) is -6.16. The number of nitrogens with one attached hydrogen (secondary N) is 1. The van der Waals surface area contributed by atoms with Crippen LogP contribution in [0.15, 0.2) is 42.7 Å². The molecule has 40 heavy (non-hydrogen) atoms. The highest BCUT2D eigenvalue weighted by atomic mass is 35.5. The highest BCUT2D eigenvalue weighted by Crippen LogP contribution is 2.42. The number of nitrogens with zero attached hydrogens (tertiary/aromatic N) is 6. The van der Waals surface area contributed by atoms with Gasteiger partial charge in [-0.25, -0.2) is 9.67 Å². The van der Waals surface area contributed by atoms with Crippen LogP contribution in [0.25, 0.3) is 5.82 Å². The number of hydrogen-bond donors (Lipinski definition) is 1. The number of aryl methyl sites for hydroxylation is 1. The van der Waals surface area contributed by atoms with Gasteiger partial charge in [0.15, 0.2) is 17.3 Å². The lowest BCUT2D eigenvalue weighted by molar-refractivity contribution is -0.291. The summed E-state index contributed by atoms with van der Waals surface area (Å²) in [7, 11) is 1.42. The number of benzene rings is 1. The van der Waals surface area contributed by atoms with Gasteiger partial charge in [-0.3, -0.25) is 9.59 Å². The zero-order valence-corrected chi connectivity index (χ0v) is 22.1. The molecule has 0 spiro atoms. The smallest absolute Gasteiger partial charge is 0.355 e. The van der Waals surface area contributed by atoms with Crippen molar-refractivity contribution in [3.05, 3.63) is 86.5 Å². The summed E-state index contributed by atoms with van der Waals surface area (Å²) in [6.45, 7) is 1.21. The van der Waals surface area contributed by atoms with Crippen LogP contribution < -0.4 is 5.32 Å². The van der Waals surface area contributed by atoms with Gasteiger partial charge in [0.25, 0.3) is 5.91 Å². The highest BCUT2D eigenvalue weighted by Gasteiger charge is 2.60. The molecule has 1 amide bonds. The average molecular weight is 602 g/mol. The lowest BCUT2D eigenvalue weighted by Gasteiger charge is -2.16. The van der Waals surface area contributed by atoms with Gasteiger partial charge in [0, 0.05) is 30.3 Å². The van der Waals surface area contributed by atoms with Gasteiger partial charge in [0.2, 0.25) is 0 Å². The number of halogens is 7. The predicted octanol–water partition coefficient (Wildman–Crippen LogP) is 4.96. The first-order valence-electron chi connectivity index (χ1n) is 11.3. The van der Waals surface area contributed by atoms with Crippen molar-refractivity contribution in [2.75, 3.05) is 7.05 Å². The molecular formula is C24H18Cl2F5N7O2. The highest BCUT2D eigenvalue weighted by molar-refractivity contribution is 6.32. The fraction of sp³-hybridized carbons (Fsp3) is 0.250. The largest absolute Gasteiger partial charge is 0.459 e. The maximum absolute atomic E-state index is 13.7. The predicted molar refractivity (Wildman–Crippen MR) is 133 cm³/mol. The first-order valence-corrected chi connectivity index (χ1v) is 12.1. The Kier molecular flexibility index (Phi) is 7.94. The van der Waals surface area contributed by atoms with Crippen LogP contribution in [0.3, 0.4) is 0 Å². The molecule has 0 aliphatic carbocycles. The van der Waals surface area contributed by atoms with E-state index in [1.807, 2.05) is 0 Å². The molecule has 9 nitrogen and oxygen atoms in total. The SMILES string of the molecule is CNC(=O)c1cc(Cl)cc(C)c1CC(=O)c1cc(Cn2ncc(C(F)(F)C(F)(F)F)n2)nn1-c1ncccc1Cl. The molecule has 0 aliphatic rings. The zero-order valence-electron chi connectivity index (χ0n) is 20.6. The fourth-order valence-corrected chi connectivity index (χ4v) is 4.28. The van der Waals surface area contributed by atoms with E-state index in [2.05, 4.69) is 25.6 Å². The molecule has 0 saturated heterocycles. The number of hydrogen-bond acceptors (Lipinski definition) is 6. The average Bonchev–Trinajstić information content (AvgIpc) is 3.52. The third kappa shape index (κ3) is 5.68.